The standard InChI is InChI=1S/C15H25NO3/c1-13(2)11-5-4-6-12(16-17)14(11,3)7-8-15(13)18-9-10-19-15/h11,17H,4-10H2,1-3H3/t11-,14-/m0/s1. The summed E-state index contributed by atoms with van der Waals surface area (Å²) in [6, 6.07) is 0. The van der Waals surface area contributed by atoms with Gasteiger partial charge in [-0.05, 0) is 31.6 Å². The second kappa shape index (κ2) is 4.19. The summed E-state index contributed by atoms with van der Waals surface area (Å²) in [5.41, 5.74) is 0.925. The van der Waals surface area contributed by atoms with Crippen molar-refractivity contribution in [3.05, 3.63) is 0 Å². The number of ether oxygens (including phenoxy) is 2. The van der Waals surface area contributed by atoms with Crippen LogP contribution in [0, 0.1) is 16.7 Å². The van der Waals surface area contributed by atoms with E-state index in [0.29, 0.717) is 19.1 Å². The Morgan fingerprint density at radius 1 is 1.16 bits per heavy atom. The molecule has 0 amide bonds. The van der Waals surface area contributed by atoms with E-state index in [1.807, 2.05) is 0 Å². The summed E-state index contributed by atoms with van der Waals surface area (Å²) < 4.78 is 12.1. The summed E-state index contributed by atoms with van der Waals surface area (Å²) in [6.07, 6.45) is 5.07. The third kappa shape index (κ3) is 1.62. The summed E-state index contributed by atoms with van der Waals surface area (Å²) >= 11 is 0. The van der Waals surface area contributed by atoms with Gasteiger partial charge in [0.25, 0.3) is 0 Å². The highest BCUT2D eigenvalue weighted by Crippen LogP contribution is 2.62. The molecule has 1 N–H and O–H groups in total. The Kier molecular flexibility index (Phi) is 2.95. The van der Waals surface area contributed by atoms with Crippen LogP contribution in [0.5, 0.6) is 0 Å². The fourth-order valence-electron chi connectivity index (χ4n) is 4.90. The lowest BCUT2D eigenvalue weighted by Crippen LogP contribution is -2.61. The SMILES string of the molecule is CC1(C)[C@@H]2CCCC(=NO)[C@@]2(C)CCC12OCCO2. The maximum Gasteiger partial charge on any atom is 0.173 e. The van der Waals surface area contributed by atoms with Crippen molar-refractivity contribution < 1.29 is 14.7 Å². The van der Waals surface area contributed by atoms with E-state index in [1.54, 1.807) is 0 Å². The maximum absolute atomic E-state index is 9.35. The van der Waals surface area contributed by atoms with Gasteiger partial charge in [-0.2, -0.15) is 0 Å². The minimum absolute atomic E-state index is 0.00292. The molecule has 1 aliphatic heterocycles. The monoisotopic (exact) mass is 267 g/mol. The molecule has 2 atom stereocenters. The van der Waals surface area contributed by atoms with Crippen LogP contribution in [0.4, 0.5) is 0 Å². The van der Waals surface area contributed by atoms with E-state index in [-0.39, 0.29) is 10.8 Å². The maximum atomic E-state index is 9.35. The minimum Gasteiger partial charge on any atom is -0.411 e. The molecule has 108 valence electrons. The van der Waals surface area contributed by atoms with Crippen molar-refractivity contribution in [1.29, 1.82) is 0 Å². The van der Waals surface area contributed by atoms with Gasteiger partial charge in [0.1, 0.15) is 0 Å². The van der Waals surface area contributed by atoms with Crippen molar-refractivity contribution >= 4 is 5.71 Å². The largest absolute Gasteiger partial charge is 0.411 e. The van der Waals surface area contributed by atoms with Crippen LogP contribution < -0.4 is 0 Å². The highest BCUT2D eigenvalue weighted by Gasteiger charge is 2.63. The summed E-state index contributed by atoms with van der Waals surface area (Å²) in [5.74, 6) is 0.0289. The van der Waals surface area contributed by atoms with Crippen LogP contribution >= 0.6 is 0 Å². The van der Waals surface area contributed by atoms with Crippen LogP contribution in [0.3, 0.4) is 0 Å². The lowest BCUT2D eigenvalue weighted by atomic mass is 9.49. The number of hydrogen-bond donors (Lipinski definition) is 1. The Bertz CT molecular complexity index is 398. The molecule has 0 aromatic heterocycles. The predicted molar refractivity (Wildman–Crippen MR) is 72.3 cm³/mol. The van der Waals surface area contributed by atoms with Crippen molar-refractivity contribution in [2.24, 2.45) is 21.9 Å². The highest BCUT2D eigenvalue weighted by molar-refractivity contribution is 5.90. The van der Waals surface area contributed by atoms with Crippen molar-refractivity contribution in [1.82, 2.24) is 0 Å². The number of hydrogen-bond acceptors (Lipinski definition) is 4. The molecule has 4 nitrogen and oxygen atoms in total. The molecule has 2 saturated carbocycles. The Morgan fingerprint density at radius 3 is 2.47 bits per heavy atom. The van der Waals surface area contributed by atoms with E-state index in [0.717, 1.165) is 37.8 Å². The van der Waals surface area contributed by atoms with Crippen molar-refractivity contribution in [3.63, 3.8) is 0 Å². The first-order valence-electron chi connectivity index (χ1n) is 7.46. The Balaban J connectivity index is 2.00. The van der Waals surface area contributed by atoms with Gasteiger partial charge in [0, 0.05) is 17.3 Å². The van der Waals surface area contributed by atoms with Crippen LogP contribution in [-0.2, 0) is 9.47 Å². The molecule has 1 saturated heterocycles. The normalized spacial score (nSPS) is 42.5. The summed E-state index contributed by atoms with van der Waals surface area (Å²) in [6.45, 7) is 8.19. The van der Waals surface area contributed by atoms with E-state index in [9.17, 15) is 5.21 Å². The molecule has 1 spiro atoms. The van der Waals surface area contributed by atoms with Crippen LogP contribution in [0.15, 0.2) is 5.16 Å². The zero-order chi connectivity index (χ0) is 13.7. The molecule has 3 fully saturated rings. The average molecular weight is 267 g/mol. The Labute approximate surface area is 115 Å². The van der Waals surface area contributed by atoms with Gasteiger partial charge in [-0.25, -0.2) is 0 Å². The molecule has 3 aliphatic rings. The molecule has 0 aromatic carbocycles. The molecule has 0 unspecified atom stereocenters. The highest BCUT2D eigenvalue weighted by atomic mass is 16.7. The number of rotatable bonds is 0. The quantitative estimate of drug-likeness (QED) is 0.541. The predicted octanol–water partition coefficient (Wildman–Crippen LogP) is 3.19. The van der Waals surface area contributed by atoms with Gasteiger partial charge in [0.05, 0.1) is 18.9 Å². The number of nitrogens with zero attached hydrogens (tertiary/aromatic N) is 1. The second-order valence-electron chi connectivity index (χ2n) is 7.08. The van der Waals surface area contributed by atoms with Gasteiger partial charge in [-0.3, -0.25) is 0 Å². The van der Waals surface area contributed by atoms with Gasteiger partial charge in [-0.15, -0.1) is 0 Å². The topological polar surface area (TPSA) is 51.1 Å². The first-order chi connectivity index (χ1) is 8.96. The summed E-state index contributed by atoms with van der Waals surface area (Å²) in [4.78, 5) is 0. The number of oxime groups is 1. The smallest absolute Gasteiger partial charge is 0.173 e. The third-order valence-corrected chi connectivity index (χ3v) is 6.04. The van der Waals surface area contributed by atoms with Gasteiger partial charge in [-0.1, -0.05) is 25.9 Å². The molecule has 0 aromatic rings. The van der Waals surface area contributed by atoms with Gasteiger partial charge in [0.15, 0.2) is 5.79 Å². The second-order valence-corrected chi connectivity index (χ2v) is 7.08. The van der Waals surface area contributed by atoms with E-state index in [4.69, 9.17) is 9.47 Å². The van der Waals surface area contributed by atoms with E-state index in [2.05, 4.69) is 25.9 Å². The molecule has 2 aliphatic carbocycles. The Hall–Kier alpha value is -0.610. The van der Waals surface area contributed by atoms with Gasteiger partial charge in [0.2, 0.25) is 0 Å². The van der Waals surface area contributed by atoms with Crippen LogP contribution in [-0.4, -0.2) is 29.9 Å². The lowest BCUT2D eigenvalue weighted by molar-refractivity contribution is -0.278. The average Bonchev–Trinajstić information content (AvgIpc) is 2.85. The van der Waals surface area contributed by atoms with Crippen molar-refractivity contribution in [2.75, 3.05) is 13.2 Å². The molecular weight excluding hydrogens is 242 g/mol. The van der Waals surface area contributed by atoms with Crippen LogP contribution in [0.25, 0.3) is 0 Å². The van der Waals surface area contributed by atoms with Gasteiger partial charge >= 0.3 is 0 Å². The van der Waals surface area contributed by atoms with Crippen LogP contribution in [0.2, 0.25) is 0 Å². The minimum atomic E-state index is -0.422. The number of fused-ring (bicyclic) bond motifs is 1. The van der Waals surface area contributed by atoms with Crippen molar-refractivity contribution in [2.45, 2.75) is 58.7 Å². The summed E-state index contributed by atoms with van der Waals surface area (Å²) in [5, 5.41) is 13.0. The third-order valence-electron chi connectivity index (χ3n) is 6.04. The molecule has 1 heterocycles. The zero-order valence-corrected chi connectivity index (χ0v) is 12.2. The van der Waals surface area contributed by atoms with E-state index in [1.165, 1.54) is 0 Å². The van der Waals surface area contributed by atoms with Crippen molar-refractivity contribution in [3.8, 4) is 0 Å². The van der Waals surface area contributed by atoms with E-state index < -0.39 is 5.79 Å². The molecule has 3 rings (SSSR count). The molecule has 0 radical (unpaired) electrons. The molecular formula is C15H25NO3. The summed E-state index contributed by atoms with van der Waals surface area (Å²) in [7, 11) is 0. The van der Waals surface area contributed by atoms with Gasteiger partial charge < -0.3 is 14.7 Å². The van der Waals surface area contributed by atoms with E-state index >= 15 is 0 Å². The molecule has 19 heavy (non-hydrogen) atoms. The molecule has 4 heteroatoms. The zero-order valence-electron chi connectivity index (χ0n) is 12.2. The fraction of sp³-hybridized carbons (Fsp3) is 0.933. The fourth-order valence-corrected chi connectivity index (χ4v) is 4.90. The van der Waals surface area contributed by atoms with Crippen LogP contribution in [0.1, 0.15) is 52.9 Å². The Morgan fingerprint density at radius 2 is 1.84 bits per heavy atom. The first kappa shape index (κ1) is 13.4. The first-order valence-corrected chi connectivity index (χ1v) is 7.46. The molecule has 0 bridgehead atoms. The lowest BCUT2D eigenvalue weighted by Gasteiger charge is -2.59.